The Hall–Kier alpha value is -1.84. The van der Waals surface area contributed by atoms with Gasteiger partial charge >= 0.3 is 0 Å². The molecule has 1 atom stereocenters. The second-order valence-electron chi connectivity index (χ2n) is 5.36. The minimum Gasteiger partial charge on any atom is -0.344 e. The van der Waals surface area contributed by atoms with Gasteiger partial charge in [-0.05, 0) is 30.0 Å². The Morgan fingerprint density at radius 1 is 1.15 bits per heavy atom. The molecule has 20 heavy (non-hydrogen) atoms. The molecule has 0 saturated heterocycles. The highest BCUT2D eigenvalue weighted by Gasteiger charge is 2.22. The highest BCUT2D eigenvalue weighted by Crippen LogP contribution is 2.12. The van der Waals surface area contributed by atoms with Crippen LogP contribution < -0.4 is 10.6 Å². The van der Waals surface area contributed by atoms with Gasteiger partial charge in [-0.3, -0.25) is 9.59 Å². The van der Waals surface area contributed by atoms with E-state index < -0.39 is 6.04 Å². The highest BCUT2D eigenvalue weighted by molar-refractivity contribution is 5.97. The average molecular weight is 276 g/mol. The van der Waals surface area contributed by atoms with Crippen LogP contribution in [0.2, 0.25) is 0 Å². The molecule has 4 heteroatoms. The monoisotopic (exact) mass is 276 g/mol. The number of hydrogen-bond donors (Lipinski definition) is 2. The Balaban J connectivity index is 2.69. The largest absolute Gasteiger partial charge is 0.344 e. The molecule has 0 aliphatic rings. The predicted octanol–water partition coefficient (Wildman–Crippen LogP) is 2.74. The van der Waals surface area contributed by atoms with Gasteiger partial charge in [0.05, 0.1) is 0 Å². The van der Waals surface area contributed by atoms with Gasteiger partial charge in [0.2, 0.25) is 11.8 Å². The number of aryl methyl sites for hydroxylation is 1. The van der Waals surface area contributed by atoms with Crippen molar-refractivity contribution in [1.29, 1.82) is 0 Å². The summed E-state index contributed by atoms with van der Waals surface area (Å²) < 4.78 is 0. The van der Waals surface area contributed by atoms with Gasteiger partial charge in [0, 0.05) is 12.6 Å². The zero-order valence-electron chi connectivity index (χ0n) is 12.7. The van der Waals surface area contributed by atoms with Gasteiger partial charge in [0.15, 0.2) is 0 Å². The van der Waals surface area contributed by atoms with Crippen LogP contribution in [0.25, 0.3) is 0 Å². The molecule has 110 valence electrons. The van der Waals surface area contributed by atoms with Crippen LogP contribution in [0.4, 0.5) is 5.69 Å². The molecule has 0 aliphatic carbocycles. The summed E-state index contributed by atoms with van der Waals surface area (Å²) in [4.78, 5) is 23.3. The molecule has 0 bridgehead atoms. The normalized spacial score (nSPS) is 12.1. The smallest absolute Gasteiger partial charge is 0.247 e. The molecular formula is C16H24N2O2. The summed E-state index contributed by atoms with van der Waals surface area (Å²) in [7, 11) is 0. The molecule has 0 spiro atoms. The Labute approximate surface area is 121 Å². The zero-order valence-corrected chi connectivity index (χ0v) is 12.7. The lowest BCUT2D eigenvalue weighted by molar-refractivity contribution is -0.126. The number of rotatable bonds is 6. The SMILES string of the molecule is CCCc1ccc(NC(=O)[C@H](NC(C)=O)C(C)C)cc1. The van der Waals surface area contributed by atoms with Crippen LogP contribution in [0.5, 0.6) is 0 Å². The maximum atomic E-state index is 12.2. The van der Waals surface area contributed by atoms with Crippen LogP contribution in [0.15, 0.2) is 24.3 Å². The van der Waals surface area contributed by atoms with Gasteiger partial charge in [-0.1, -0.05) is 39.3 Å². The van der Waals surface area contributed by atoms with Crippen LogP contribution in [0.3, 0.4) is 0 Å². The van der Waals surface area contributed by atoms with Crippen LogP contribution in [0, 0.1) is 5.92 Å². The van der Waals surface area contributed by atoms with Crippen LogP contribution in [0.1, 0.15) is 39.7 Å². The van der Waals surface area contributed by atoms with E-state index in [0.29, 0.717) is 0 Å². The Morgan fingerprint density at radius 3 is 2.20 bits per heavy atom. The molecule has 0 radical (unpaired) electrons. The number of nitrogens with one attached hydrogen (secondary N) is 2. The summed E-state index contributed by atoms with van der Waals surface area (Å²) in [5.74, 6) is -0.339. The number of benzene rings is 1. The van der Waals surface area contributed by atoms with E-state index in [0.717, 1.165) is 18.5 Å². The second-order valence-corrected chi connectivity index (χ2v) is 5.36. The highest BCUT2D eigenvalue weighted by atomic mass is 16.2. The van der Waals surface area contributed by atoms with E-state index in [2.05, 4.69) is 17.6 Å². The first kappa shape index (κ1) is 16.2. The van der Waals surface area contributed by atoms with Crippen LogP contribution in [-0.2, 0) is 16.0 Å². The lowest BCUT2D eigenvalue weighted by Gasteiger charge is -2.21. The third-order valence-corrected chi connectivity index (χ3v) is 3.07. The fraction of sp³-hybridized carbons (Fsp3) is 0.500. The quantitative estimate of drug-likeness (QED) is 0.839. The first-order valence-corrected chi connectivity index (χ1v) is 7.11. The summed E-state index contributed by atoms with van der Waals surface area (Å²) in [6.07, 6.45) is 2.14. The van der Waals surface area contributed by atoms with Crippen molar-refractivity contribution in [3.05, 3.63) is 29.8 Å². The third kappa shape index (κ3) is 5.03. The number of carbonyl (C=O) groups is 2. The summed E-state index contributed by atoms with van der Waals surface area (Å²) >= 11 is 0. The van der Waals surface area contributed by atoms with Crippen molar-refractivity contribution in [2.45, 2.75) is 46.6 Å². The minimum absolute atomic E-state index is 0.0401. The molecule has 2 amide bonds. The Morgan fingerprint density at radius 2 is 1.75 bits per heavy atom. The van der Waals surface area contributed by atoms with E-state index in [4.69, 9.17) is 0 Å². The van der Waals surface area contributed by atoms with Gasteiger partial charge < -0.3 is 10.6 Å². The standard InChI is InChI=1S/C16H24N2O2/c1-5-6-13-7-9-14(10-8-13)18-16(20)15(11(2)3)17-12(4)19/h7-11,15H,5-6H2,1-4H3,(H,17,19)(H,18,20)/t15-/m1/s1. The van der Waals surface area contributed by atoms with Crippen molar-refractivity contribution in [2.75, 3.05) is 5.32 Å². The van der Waals surface area contributed by atoms with E-state index in [1.807, 2.05) is 38.1 Å². The first-order chi connectivity index (χ1) is 9.43. The van der Waals surface area contributed by atoms with Crippen molar-refractivity contribution in [3.8, 4) is 0 Å². The number of hydrogen-bond acceptors (Lipinski definition) is 2. The Kier molecular flexibility index (Phi) is 6.22. The topological polar surface area (TPSA) is 58.2 Å². The summed E-state index contributed by atoms with van der Waals surface area (Å²) in [5, 5.41) is 5.52. The fourth-order valence-electron chi connectivity index (χ4n) is 2.02. The summed E-state index contributed by atoms with van der Waals surface area (Å²) in [5.41, 5.74) is 2.01. The van der Waals surface area contributed by atoms with E-state index in [1.165, 1.54) is 12.5 Å². The molecule has 1 aromatic rings. The molecule has 1 rings (SSSR count). The molecule has 0 unspecified atom stereocenters. The minimum atomic E-state index is -0.511. The number of anilines is 1. The zero-order chi connectivity index (χ0) is 15.1. The molecule has 1 aromatic carbocycles. The Bertz CT molecular complexity index is 452. The van der Waals surface area contributed by atoms with Crippen LogP contribution in [-0.4, -0.2) is 17.9 Å². The van der Waals surface area contributed by atoms with Gasteiger partial charge in [-0.2, -0.15) is 0 Å². The number of amides is 2. The van der Waals surface area contributed by atoms with Crippen LogP contribution >= 0.6 is 0 Å². The summed E-state index contributed by atoms with van der Waals surface area (Å²) in [6, 6.07) is 7.31. The first-order valence-electron chi connectivity index (χ1n) is 7.11. The van der Waals surface area contributed by atoms with Crippen molar-refractivity contribution in [2.24, 2.45) is 5.92 Å². The van der Waals surface area contributed by atoms with Crippen molar-refractivity contribution < 1.29 is 9.59 Å². The van der Waals surface area contributed by atoms with Gasteiger partial charge in [0.25, 0.3) is 0 Å². The van der Waals surface area contributed by atoms with Gasteiger partial charge in [-0.25, -0.2) is 0 Å². The van der Waals surface area contributed by atoms with Crippen molar-refractivity contribution in [1.82, 2.24) is 5.32 Å². The summed E-state index contributed by atoms with van der Waals surface area (Å²) in [6.45, 7) is 7.37. The average Bonchev–Trinajstić information content (AvgIpc) is 2.38. The third-order valence-electron chi connectivity index (χ3n) is 3.07. The van der Waals surface area contributed by atoms with E-state index in [1.54, 1.807) is 0 Å². The van der Waals surface area contributed by atoms with Gasteiger partial charge in [0.1, 0.15) is 6.04 Å². The van der Waals surface area contributed by atoms with E-state index in [-0.39, 0.29) is 17.7 Å². The molecule has 0 fully saturated rings. The molecule has 0 aliphatic heterocycles. The van der Waals surface area contributed by atoms with E-state index >= 15 is 0 Å². The molecular weight excluding hydrogens is 252 g/mol. The van der Waals surface area contributed by atoms with Crippen molar-refractivity contribution in [3.63, 3.8) is 0 Å². The van der Waals surface area contributed by atoms with Crippen molar-refractivity contribution >= 4 is 17.5 Å². The fourth-order valence-corrected chi connectivity index (χ4v) is 2.02. The molecule has 0 aromatic heterocycles. The maximum Gasteiger partial charge on any atom is 0.247 e. The molecule has 0 heterocycles. The molecule has 2 N–H and O–H groups in total. The number of carbonyl (C=O) groups excluding carboxylic acids is 2. The lowest BCUT2D eigenvalue weighted by atomic mass is 10.0. The predicted molar refractivity (Wildman–Crippen MR) is 81.5 cm³/mol. The van der Waals surface area contributed by atoms with Gasteiger partial charge in [-0.15, -0.1) is 0 Å². The molecule has 0 saturated carbocycles. The van der Waals surface area contributed by atoms with E-state index in [9.17, 15) is 9.59 Å². The lowest BCUT2D eigenvalue weighted by Crippen LogP contribution is -2.46. The second kappa shape index (κ2) is 7.68. The maximum absolute atomic E-state index is 12.2. The molecule has 4 nitrogen and oxygen atoms in total.